The van der Waals surface area contributed by atoms with E-state index in [0.29, 0.717) is 35.9 Å². The maximum Gasteiger partial charge on any atom is 0.291 e. The zero-order chi connectivity index (χ0) is 20.8. The lowest BCUT2D eigenvalue weighted by Gasteiger charge is -2.21. The number of nitrogens with zero attached hydrogens (tertiary/aromatic N) is 3. The van der Waals surface area contributed by atoms with Crippen molar-refractivity contribution in [2.45, 2.75) is 30.9 Å². The van der Waals surface area contributed by atoms with Crippen LogP contribution in [0.2, 0.25) is 0 Å². The van der Waals surface area contributed by atoms with Gasteiger partial charge in [0, 0.05) is 11.4 Å². The van der Waals surface area contributed by atoms with Gasteiger partial charge in [-0.25, -0.2) is 4.98 Å². The Kier molecular flexibility index (Phi) is 7.21. The zero-order valence-electron chi connectivity index (χ0n) is 15.7. The number of hydrogen-bond acceptors (Lipinski definition) is 5. The molecule has 0 radical (unpaired) electrons. The van der Waals surface area contributed by atoms with Crippen molar-refractivity contribution in [3.05, 3.63) is 46.7 Å². The molecule has 154 valence electrons. The summed E-state index contributed by atoms with van der Waals surface area (Å²) in [6.07, 6.45) is 0. The van der Waals surface area contributed by atoms with E-state index in [1.807, 2.05) is 17.5 Å². The minimum absolute atomic E-state index is 0.0766. The molecule has 10 heteroatoms. The summed E-state index contributed by atoms with van der Waals surface area (Å²) in [6, 6.07) is 10.8. The molecule has 0 aliphatic carbocycles. The van der Waals surface area contributed by atoms with Crippen LogP contribution in [-0.4, -0.2) is 45.1 Å². The molecule has 29 heavy (non-hydrogen) atoms. The number of aromatic nitrogens is 2. The number of nitrogens with one attached hydrogen (secondary N) is 1. The summed E-state index contributed by atoms with van der Waals surface area (Å²) >= 11 is 1.84. The molecule has 0 saturated carbocycles. The SMILES string of the molecule is CCN(CC(=O)NCc1cccs1)C(=O)Cn1c(SC(F)F)nc2ccccc21. The number of carbonyl (C=O) groups is 2. The standard InChI is InChI=1S/C19H20F2N4O2S2/c1-2-24(11-16(26)22-10-13-6-5-9-28-13)17(27)12-25-15-8-4-3-7-14(15)23-19(25)29-18(20)21/h3-9,18H,2,10-12H2,1H3,(H,22,26). The second-order valence-electron chi connectivity index (χ2n) is 6.11. The maximum absolute atomic E-state index is 12.9. The number of rotatable bonds is 9. The van der Waals surface area contributed by atoms with Gasteiger partial charge < -0.3 is 14.8 Å². The zero-order valence-corrected chi connectivity index (χ0v) is 17.3. The summed E-state index contributed by atoms with van der Waals surface area (Å²) in [6.45, 7) is 2.25. The Balaban J connectivity index is 1.69. The molecule has 2 heterocycles. The minimum atomic E-state index is -2.65. The predicted molar refractivity (Wildman–Crippen MR) is 110 cm³/mol. The Hall–Kier alpha value is -2.46. The molecule has 1 aromatic carbocycles. The van der Waals surface area contributed by atoms with E-state index in [2.05, 4.69) is 10.3 Å². The van der Waals surface area contributed by atoms with Crippen LogP contribution in [0.4, 0.5) is 8.78 Å². The number of thioether (sulfide) groups is 1. The Morgan fingerprint density at radius 2 is 2.07 bits per heavy atom. The van der Waals surface area contributed by atoms with Gasteiger partial charge in [-0.1, -0.05) is 18.2 Å². The van der Waals surface area contributed by atoms with Crippen molar-refractivity contribution in [3.63, 3.8) is 0 Å². The number of fused-ring (bicyclic) bond motifs is 1. The number of thiophene rings is 1. The molecule has 0 unspecified atom stereocenters. The molecule has 0 atom stereocenters. The Morgan fingerprint density at radius 1 is 1.28 bits per heavy atom. The molecule has 0 aliphatic heterocycles. The number of hydrogen-bond donors (Lipinski definition) is 1. The summed E-state index contributed by atoms with van der Waals surface area (Å²) in [5.41, 5.74) is 1.14. The lowest BCUT2D eigenvalue weighted by molar-refractivity contribution is -0.136. The summed E-state index contributed by atoms with van der Waals surface area (Å²) in [5.74, 6) is -3.25. The summed E-state index contributed by atoms with van der Waals surface area (Å²) in [4.78, 5) is 31.6. The average Bonchev–Trinajstić information content (AvgIpc) is 3.32. The van der Waals surface area contributed by atoms with E-state index in [0.717, 1.165) is 4.88 Å². The van der Waals surface area contributed by atoms with Crippen molar-refractivity contribution < 1.29 is 18.4 Å². The van der Waals surface area contributed by atoms with Crippen molar-refractivity contribution >= 4 is 45.9 Å². The third-order valence-corrected chi connectivity index (χ3v) is 5.79. The quantitative estimate of drug-likeness (QED) is 0.519. The van der Waals surface area contributed by atoms with Crippen molar-refractivity contribution in [1.29, 1.82) is 0 Å². The van der Waals surface area contributed by atoms with Crippen LogP contribution in [-0.2, 0) is 22.7 Å². The van der Waals surface area contributed by atoms with Gasteiger partial charge in [0.05, 0.1) is 24.1 Å². The van der Waals surface area contributed by atoms with Crippen molar-refractivity contribution in [2.24, 2.45) is 0 Å². The van der Waals surface area contributed by atoms with Crippen LogP contribution >= 0.6 is 23.1 Å². The van der Waals surface area contributed by atoms with Crippen LogP contribution in [0, 0.1) is 0 Å². The average molecular weight is 439 g/mol. The molecule has 1 N–H and O–H groups in total. The van der Waals surface area contributed by atoms with E-state index in [4.69, 9.17) is 0 Å². The van der Waals surface area contributed by atoms with Crippen molar-refractivity contribution in [1.82, 2.24) is 19.8 Å². The number of alkyl halides is 2. The molecule has 0 saturated heterocycles. The monoisotopic (exact) mass is 438 g/mol. The topological polar surface area (TPSA) is 67.2 Å². The smallest absolute Gasteiger partial charge is 0.291 e. The van der Waals surface area contributed by atoms with Crippen LogP contribution in [0.25, 0.3) is 11.0 Å². The molecule has 3 rings (SSSR count). The van der Waals surface area contributed by atoms with E-state index in [-0.39, 0.29) is 30.1 Å². The second-order valence-corrected chi connectivity index (χ2v) is 8.10. The van der Waals surface area contributed by atoms with Crippen LogP contribution in [0.1, 0.15) is 11.8 Å². The van der Waals surface area contributed by atoms with Gasteiger partial charge in [-0.15, -0.1) is 11.3 Å². The number of imidazole rings is 1. The Morgan fingerprint density at radius 3 is 2.76 bits per heavy atom. The van der Waals surface area contributed by atoms with Gasteiger partial charge in [0.25, 0.3) is 5.76 Å². The number of para-hydroxylation sites is 2. The first-order valence-corrected chi connectivity index (χ1v) is 10.7. The van der Waals surface area contributed by atoms with Crippen LogP contribution < -0.4 is 5.32 Å². The third kappa shape index (κ3) is 5.54. The van der Waals surface area contributed by atoms with Gasteiger partial charge in [-0.2, -0.15) is 8.78 Å². The maximum atomic E-state index is 12.9. The molecule has 0 bridgehead atoms. The number of likely N-dealkylation sites (N-methyl/N-ethyl adjacent to an activating group) is 1. The summed E-state index contributed by atoms with van der Waals surface area (Å²) in [7, 11) is 0. The highest BCUT2D eigenvalue weighted by Crippen LogP contribution is 2.28. The highest BCUT2D eigenvalue weighted by Gasteiger charge is 2.21. The van der Waals surface area contributed by atoms with E-state index in [9.17, 15) is 18.4 Å². The first-order valence-electron chi connectivity index (χ1n) is 8.95. The fourth-order valence-corrected chi connectivity index (χ4v) is 4.06. The summed E-state index contributed by atoms with van der Waals surface area (Å²) < 4.78 is 27.3. The Bertz CT molecular complexity index is 976. The fourth-order valence-electron chi connectivity index (χ4n) is 2.82. The minimum Gasteiger partial charge on any atom is -0.350 e. The molecule has 2 amide bonds. The third-order valence-electron chi connectivity index (χ3n) is 4.22. The highest BCUT2D eigenvalue weighted by molar-refractivity contribution is 7.99. The number of amides is 2. The number of benzene rings is 1. The predicted octanol–water partition coefficient (Wildman–Crippen LogP) is 3.58. The molecular weight excluding hydrogens is 418 g/mol. The van der Waals surface area contributed by atoms with Gasteiger partial charge in [0.1, 0.15) is 6.54 Å². The van der Waals surface area contributed by atoms with Crippen LogP contribution in [0.5, 0.6) is 0 Å². The van der Waals surface area contributed by atoms with Gasteiger partial charge in [0.2, 0.25) is 11.8 Å². The van der Waals surface area contributed by atoms with Crippen molar-refractivity contribution in [3.8, 4) is 0 Å². The molecule has 2 aromatic heterocycles. The fraction of sp³-hybridized carbons (Fsp3) is 0.316. The molecule has 0 fully saturated rings. The first-order chi connectivity index (χ1) is 14.0. The lowest BCUT2D eigenvalue weighted by Crippen LogP contribution is -2.41. The lowest BCUT2D eigenvalue weighted by atomic mass is 10.3. The number of carbonyl (C=O) groups excluding carboxylic acids is 2. The van der Waals surface area contributed by atoms with Crippen molar-refractivity contribution in [2.75, 3.05) is 13.1 Å². The normalized spacial score (nSPS) is 11.2. The molecule has 3 aromatic rings. The molecule has 6 nitrogen and oxygen atoms in total. The first kappa shape index (κ1) is 21.3. The van der Waals surface area contributed by atoms with E-state index < -0.39 is 5.76 Å². The van der Waals surface area contributed by atoms with Crippen LogP contribution in [0.3, 0.4) is 0 Å². The molecule has 0 spiro atoms. The van der Waals surface area contributed by atoms with Crippen LogP contribution in [0.15, 0.2) is 46.9 Å². The summed E-state index contributed by atoms with van der Waals surface area (Å²) in [5, 5.41) is 4.79. The Labute approximate surface area is 174 Å². The molecular formula is C19H20F2N4O2S2. The molecule has 0 aliphatic rings. The van der Waals surface area contributed by atoms with Gasteiger partial charge in [0.15, 0.2) is 5.16 Å². The van der Waals surface area contributed by atoms with E-state index in [1.54, 1.807) is 31.2 Å². The van der Waals surface area contributed by atoms with E-state index >= 15 is 0 Å². The van der Waals surface area contributed by atoms with E-state index in [1.165, 1.54) is 20.8 Å². The van der Waals surface area contributed by atoms with Gasteiger partial charge in [-0.05, 0) is 42.3 Å². The second kappa shape index (κ2) is 9.84. The van der Waals surface area contributed by atoms with Gasteiger partial charge in [-0.3, -0.25) is 9.59 Å². The highest BCUT2D eigenvalue weighted by atomic mass is 32.2. The largest absolute Gasteiger partial charge is 0.350 e. The number of halogens is 2. The van der Waals surface area contributed by atoms with Gasteiger partial charge >= 0.3 is 0 Å².